The molecular formula is C13H20OSi. The average molecular weight is 220 g/mol. The molecule has 1 rings (SSSR count). The summed E-state index contributed by atoms with van der Waals surface area (Å²) in [4.78, 5) is 0. The van der Waals surface area contributed by atoms with Crippen LogP contribution >= 0.6 is 0 Å². The fourth-order valence-corrected chi connectivity index (χ4v) is 2.37. The zero-order valence-corrected chi connectivity index (χ0v) is 11.9. The fourth-order valence-electron chi connectivity index (χ4n) is 1.65. The van der Waals surface area contributed by atoms with Gasteiger partial charge < -0.3 is 4.43 Å². The van der Waals surface area contributed by atoms with Crippen molar-refractivity contribution < 1.29 is 4.43 Å². The van der Waals surface area contributed by atoms with Crippen LogP contribution in [0.5, 0.6) is 0 Å². The van der Waals surface area contributed by atoms with Crippen LogP contribution in [0, 0.1) is 0 Å². The molecule has 0 aliphatic carbocycles. The summed E-state index contributed by atoms with van der Waals surface area (Å²) in [5.41, 5.74) is 1.20. The highest BCUT2D eigenvalue weighted by atomic mass is 28.2. The first kappa shape index (κ1) is 12.2. The highest BCUT2D eigenvalue weighted by Crippen LogP contribution is 2.22. The lowest BCUT2D eigenvalue weighted by Crippen LogP contribution is -2.27. The Bertz CT molecular complexity index is 293. The molecule has 0 unspecified atom stereocenters. The fraction of sp³-hybridized carbons (Fsp3) is 0.385. The van der Waals surface area contributed by atoms with Crippen molar-refractivity contribution in [1.82, 2.24) is 0 Å². The van der Waals surface area contributed by atoms with Gasteiger partial charge in [-0.15, -0.1) is 0 Å². The molecule has 0 N–H and O–H groups in total. The van der Waals surface area contributed by atoms with Crippen LogP contribution in [0.15, 0.2) is 36.4 Å². The van der Waals surface area contributed by atoms with Crippen molar-refractivity contribution in [3.05, 3.63) is 42.0 Å². The smallest absolute Gasteiger partial charge is 0.147 e. The van der Waals surface area contributed by atoms with Crippen molar-refractivity contribution in [2.45, 2.75) is 32.3 Å². The Kier molecular flexibility index (Phi) is 4.79. The Labute approximate surface area is 95.7 Å². The third-order valence-electron chi connectivity index (χ3n) is 2.98. The minimum absolute atomic E-state index is 0.0396. The Hall–Kier alpha value is -0.863. The Morgan fingerprint density at radius 1 is 1.20 bits per heavy atom. The van der Waals surface area contributed by atoms with Gasteiger partial charge in [0, 0.05) is 0 Å². The minimum atomic E-state index is -0.0396. The second kappa shape index (κ2) is 5.88. The molecule has 0 amide bonds. The Morgan fingerprint density at radius 3 is 2.27 bits per heavy atom. The lowest BCUT2D eigenvalue weighted by molar-refractivity contribution is 0.126. The van der Waals surface area contributed by atoms with Gasteiger partial charge in [-0.1, -0.05) is 56.3 Å². The predicted molar refractivity (Wildman–Crippen MR) is 69.8 cm³/mol. The highest BCUT2D eigenvalue weighted by Gasteiger charge is 2.20. The van der Waals surface area contributed by atoms with E-state index in [0.717, 1.165) is 23.3 Å². The second-order valence-electron chi connectivity index (χ2n) is 3.72. The van der Waals surface area contributed by atoms with E-state index in [1.165, 1.54) is 5.56 Å². The molecule has 0 aliphatic heterocycles. The monoisotopic (exact) mass is 220 g/mol. The third kappa shape index (κ3) is 3.32. The summed E-state index contributed by atoms with van der Waals surface area (Å²) >= 11 is 0. The van der Waals surface area contributed by atoms with E-state index in [1.807, 2.05) is 6.07 Å². The second-order valence-corrected chi connectivity index (χ2v) is 4.13. The molecule has 15 heavy (non-hydrogen) atoms. The molecule has 0 radical (unpaired) electrons. The SMILES string of the molecule is CCC(/C=C/c1ccccc1)(CC)O[SiH3]. The summed E-state index contributed by atoms with van der Waals surface area (Å²) in [6.45, 7) is 4.35. The van der Waals surface area contributed by atoms with Crippen LogP contribution in [0.25, 0.3) is 6.08 Å². The number of hydrogen-bond acceptors (Lipinski definition) is 1. The summed E-state index contributed by atoms with van der Waals surface area (Å²) in [6, 6.07) is 10.4. The highest BCUT2D eigenvalue weighted by molar-refractivity contribution is 5.98. The molecule has 0 saturated heterocycles. The largest absolute Gasteiger partial charge is 0.419 e. The van der Waals surface area contributed by atoms with Crippen molar-refractivity contribution in [1.29, 1.82) is 0 Å². The van der Waals surface area contributed by atoms with Gasteiger partial charge in [0.05, 0.1) is 5.60 Å². The zero-order chi connectivity index (χ0) is 11.1. The van der Waals surface area contributed by atoms with Crippen LogP contribution < -0.4 is 0 Å². The Morgan fingerprint density at radius 2 is 1.80 bits per heavy atom. The molecule has 2 heteroatoms. The van der Waals surface area contributed by atoms with Crippen LogP contribution in [0.1, 0.15) is 32.3 Å². The van der Waals surface area contributed by atoms with Crippen molar-refractivity contribution >= 4 is 16.6 Å². The van der Waals surface area contributed by atoms with Crippen molar-refractivity contribution in [2.75, 3.05) is 0 Å². The van der Waals surface area contributed by atoms with Crippen molar-refractivity contribution in [3.8, 4) is 0 Å². The third-order valence-corrected chi connectivity index (χ3v) is 3.80. The zero-order valence-electron chi connectivity index (χ0n) is 9.86. The first-order valence-corrected chi connectivity index (χ1v) is 6.37. The average Bonchev–Trinajstić information content (AvgIpc) is 2.33. The lowest BCUT2D eigenvalue weighted by Gasteiger charge is -2.27. The first-order valence-electron chi connectivity index (χ1n) is 5.56. The molecule has 1 aromatic carbocycles. The van der Waals surface area contributed by atoms with Crippen LogP contribution in [0.3, 0.4) is 0 Å². The van der Waals surface area contributed by atoms with Gasteiger partial charge in [0.2, 0.25) is 0 Å². The van der Waals surface area contributed by atoms with E-state index in [4.69, 9.17) is 4.43 Å². The maximum atomic E-state index is 5.71. The number of rotatable bonds is 5. The molecule has 0 aliphatic rings. The lowest BCUT2D eigenvalue weighted by atomic mass is 9.96. The molecule has 0 bridgehead atoms. The summed E-state index contributed by atoms with van der Waals surface area (Å²) in [5.74, 6) is 0. The molecule has 1 nitrogen and oxygen atoms in total. The van der Waals surface area contributed by atoms with Crippen LogP contribution in [-0.4, -0.2) is 16.1 Å². The molecule has 0 heterocycles. The predicted octanol–water partition coefficient (Wildman–Crippen LogP) is 2.56. The molecular weight excluding hydrogens is 200 g/mol. The standard InChI is InChI=1S/C13H20OSi/c1-3-13(4-2,14-15)11-10-12-8-6-5-7-9-12/h5-11H,3-4H2,1-2,15H3/b11-10+. The van der Waals surface area contributed by atoms with Gasteiger partial charge in [-0.25, -0.2) is 0 Å². The normalized spacial score (nSPS) is 12.4. The van der Waals surface area contributed by atoms with Gasteiger partial charge in [0.1, 0.15) is 10.5 Å². The quantitative estimate of drug-likeness (QED) is 0.693. The van der Waals surface area contributed by atoms with Crippen LogP contribution in [0.4, 0.5) is 0 Å². The molecule has 0 atom stereocenters. The summed E-state index contributed by atoms with van der Waals surface area (Å²) < 4.78 is 5.71. The van der Waals surface area contributed by atoms with E-state index in [9.17, 15) is 0 Å². The van der Waals surface area contributed by atoms with E-state index in [0.29, 0.717) is 0 Å². The number of benzene rings is 1. The van der Waals surface area contributed by atoms with Crippen molar-refractivity contribution in [3.63, 3.8) is 0 Å². The number of hydrogen-bond donors (Lipinski definition) is 0. The van der Waals surface area contributed by atoms with E-state index < -0.39 is 0 Å². The van der Waals surface area contributed by atoms with Gasteiger partial charge in [0.15, 0.2) is 0 Å². The minimum Gasteiger partial charge on any atom is -0.419 e. The van der Waals surface area contributed by atoms with E-state index in [2.05, 4.69) is 50.3 Å². The molecule has 1 aromatic rings. The topological polar surface area (TPSA) is 9.23 Å². The van der Waals surface area contributed by atoms with E-state index in [1.54, 1.807) is 0 Å². The van der Waals surface area contributed by atoms with Gasteiger partial charge in [-0.05, 0) is 18.4 Å². The maximum Gasteiger partial charge on any atom is 0.147 e. The van der Waals surface area contributed by atoms with Crippen LogP contribution in [0.2, 0.25) is 0 Å². The van der Waals surface area contributed by atoms with E-state index >= 15 is 0 Å². The Balaban J connectivity index is 2.79. The van der Waals surface area contributed by atoms with Crippen molar-refractivity contribution in [2.24, 2.45) is 0 Å². The molecule has 0 spiro atoms. The molecule has 0 aromatic heterocycles. The molecule has 82 valence electrons. The molecule has 0 saturated carbocycles. The summed E-state index contributed by atoms with van der Waals surface area (Å²) in [6.07, 6.45) is 6.44. The van der Waals surface area contributed by atoms with Gasteiger partial charge in [-0.2, -0.15) is 0 Å². The van der Waals surface area contributed by atoms with Gasteiger partial charge in [0.25, 0.3) is 0 Å². The summed E-state index contributed by atoms with van der Waals surface area (Å²) in [7, 11) is 0.791. The summed E-state index contributed by atoms with van der Waals surface area (Å²) in [5, 5.41) is 0. The maximum absolute atomic E-state index is 5.71. The van der Waals surface area contributed by atoms with Crippen LogP contribution in [-0.2, 0) is 4.43 Å². The van der Waals surface area contributed by atoms with Gasteiger partial charge >= 0.3 is 0 Å². The molecule has 0 fully saturated rings. The van der Waals surface area contributed by atoms with E-state index in [-0.39, 0.29) is 5.60 Å². The first-order chi connectivity index (χ1) is 7.26. The van der Waals surface area contributed by atoms with Gasteiger partial charge in [-0.3, -0.25) is 0 Å².